The Morgan fingerprint density at radius 2 is 2.00 bits per heavy atom. The van der Waals surface area contributed by atoms with Crippen LogP contribution in [0.1, 0.15) is 19.4 Å². The van der Waals surface area contributed by atoms with E-state index in [2.05, 4.69) is 12.2 Å². The predicted octanol–water partition coefficient (Wildman–Crippen LogP) is 2.22. The molecular weight excluding hydrogens is 230 g/mol. The molecule has 0 saturated heterocycles. The summed E-state index contributed by atoms with van der Waals surface area (Å²) in [5, 5.41) is 3.35. The monoisotopic (exact) mass is 253 g/mol. The molecule has 0 heterocycles. The number of para-hydroxylation sites is 1. The summed E-state index contributed by atoms with van der Waals surface area (Å²) in [5.41, 5.74) is 1.08. The third kappa shape index (κ3) is 4.20. The van der Waals surface area contributed by atoms with Gasteiger partial charge in [0, 0.05) is 25.3 Å². The number of nitrogens with one attached hydrogen (secondary N) is 1. The lowest BCUT2D eigenvalue weighted by atomic mass is 10.2. The Hall–Kier alpha value is -1.26. The van der Waals surface area contributed by atoms with Crippen LogP contribution in [-0.4, -0.2) is 33.5 Å². The molecule has 102 valence electrons. The van der Waals surface area contributed by atoms with E-state index < -0.39 is 0 Å². The van der Waals surface area contributed by atoms with Crippen LogP contribution in [0.15, 0.2) is 18.2 Å². The number of hydrogen-bond donors (Lipinski definition) is 1. The molecule has 0 aliphatic carbocycles. The largest absolute Gasteiger partial charge is 0.493 e. The summed E-state index contributed by atoms with van der Waals surface area (Å²) in [6.07, 6.45) is 0.214. The van der Waals surface area contributed by atoms with Crippen LogP contribution in [0.3, 0.4) is 0 Å². The maximum absolute atomic E-state index is 5.46. The maximum atomic E-state index is 5.46. The Morgan fingerprint density at radius 1 is 1.22 bits per heavy atom. The lowest BCUT2D eigenvalue weighted by Crippen LogP contribution is -2.26. The third-order valence-electron chi connectivity index (χ3n) is 2.68. The van der Waals surface area contributed by atoms with Gasteiger partial charge >= 0.3 is 0 Å². The minimum Gasteiger partial charge on any atom is -0.493 e. The molecule has 0 amide bonds. The van der Waals surface area contributed by atoms with Gasteiger partial charge in [0.1, 0.15) is 0 Å². The van der Waals surface area contributed by atoms with Gasteiger partial charge in [0.15, 0.2) is 11.5 Å². The number of benzene rings is 1. The molecule has 0 fully saturated rings. The minimum absolute atomic E-state index is 0.214. The minimum atomic E-state index is 0.214. The highest BCUT2D eigenvalue weighted by Crippen LogP contribution is 2.30. The van der Waals surface area contributed by atoms with Gasteiger partial charge in [-0.2, -0.15) is 0 Å². The lowest BCUT2D eigenvalue weighted by Gasteiger charge is -2.15. The van der Waals surface area contributed by atoms with Gasteiger partial charge in [0.25, 0.3) is 0 Å². The fourth-order valence-electron chi connectivity index (χ4n) is 1.85. The zero-order chi connectivity index (χ0) is 13.4. The van der Waals surface area contributed by atoms with E-state index in [0.717, 1.165) is 36.8 Å². The van der Waals surface area contributed by atoms with Crippen molar-refractivity contribution >= 4 is 0 Å². The van der Waals surface area contributed by atoms with Gasteiger partial charge < -0.3 is 19.5 Å². The highest BCUT2D eigenvalue weighted by molar-refractivity contribution is 5.46. The Morgan fingerprint density at radius 3 is 2.61 bits per heavy atom. The molecule has 1 aromatic carbocycles. The van der Waals surface area contributed by atoms with Crippen molar-refractivity contribution in [2.24, 2.45) is 0 Å². The first-order valence-corrected chi connectivity index (χ1v) is 6.25. The second-order valence-electron chi connectivity index (χ2n) is 4.05. The van der Waals surface area contributed by atoms with Gasteiger partial charge in [0.05, 0.1) is 20.3 Å². The summed E-state index contributed by atoms with van der Waals surface area (Å²) in [4.78, 5) is 0. The quantitative estimate of drug-likeness (QED) is 0.771. The van der Waals surface area contributed by atoms with Crippen molar-refractivity contribution in [3.63, 3.8) is 0 Å². The van der Waals surface area contributed by atoms with Crippen molar-refractivity contribution in [3.05, 3.63) is 23.8 Å². The summed E-state index contributed by atoms with van der Waals surface area (Å²) in [6, 6.07) is 5.88. The molecule has 0 radical (unpaired) electrons. The molecule has 1 N–H and O–H groups in total. The van der Waals surface area contributed by atoms with Crippen molar-refractivity contribution in [2.75, 3.05) is 27.4 Å². The molecule has 1 unspecified atom stereocenters. The standard InChI is InChI=1S/C14H23NO3/c1-5-18-11(2)9-15-10-12-7-6-8-13(16-3)14(12)17-4/h6-8,11,15H,5,9-10H2,1-4H3. The molecule has 0 aromatic heterocycles. The summed E-state index contributed by atoms with van der Waals surface area (Å²) in [5.74, 6) is 1.55. The summed E-state index contributed by atoms with van der Waals surface area (Å²) >= 11 is 0. The molecule has 0 aliphatic rings. The fraction of sp³-hybridized carbons (Fsp3) is 0.571. The smallest absolute Gasteiger partial charge is 0.165 e. The Kier molecular flexibility index (Phi) is 6.54. The van der Waals surface area contributed by atoms with Crippen LogP contribution in [-0.2, 0) is 11.3 Å². The molecule has 4 heteroatoms. The zero-order valence-electron chi connectivity index (χ0n) is 11.7. The van der Waals surface area contributed by atoms with Gasteiger partial charge in [-0.3, -0.25) is 0 Å². The summed E-state index contributed by atoms with van der Waals surface area (Å²) < 4.78 is 16.1. The number of hydrogen-bond acceptors (Lipinski definition) is 4. The molecule has 1 aromatic rings. The van der Waals surface area contributed by atoms with Crippen LogP contribution in [0.2, 0.25) is 0 Å². The predicted molar refractivity (Wildman–Crippen MR) is 72.3 cm³/mol. The first-order chi connectivity index (χ1) is 8.72. The molecule has 18 heavy (non-hydrogen) atoms. The second kappa shape index (κ2) is 7.95. The number of methoxy groups -OCH3 is 2. The molecule has 0 saturated carbocycles. The van der Waals surface area contributed by atoms with E-state index in [9.17, 15) is 0 Å². The molecule has 0 spiro atoms. The molecule has 1 rings (SSSR count). The molecule has 1 atom stereocenters. The zero-order valence-corrected chi connectivity index (χ0v) is 11.7. The topological polar surface area (TPSA) is 39.7 Å². The highest BCUT2D eigenvalue weighted by atomic mass is 16.5. The molecular formula is C14H23NO3. The first-order valence-electron chi connectivity index (χ1n) is 6.25. The third-order valence-corrected chi connectivity index (χ3v) is 2.68. The van der Waals surface area contributed by atoms with E-state index in [1.807, 2.05) is 25.1 Å². The summed E-state index contributed by atoms with van der Waals surface area (Å²) in [6.45, 7) is 6.35. The summed E-state index contributed by atoms with van der Waals surface area (Å²) in [7, 11) is 3.30. The van der Waals surface area contributed by atoms with Gasteiger partial charge in [-0.05, 0) is 19.9 Å². The van der Waals surface area contributed by atoms with Crippen LogP contribution < -0.4 is 14.8 Å². The van der Waals surface area contributed by atoms with Crippen LogP contribution in [0.25, 0.3) is 0 Å². The van der Waals surface area contributed by atoms with Gasteiger partial charge in [-0.1, -0.05) is 12.1 Å². The Labute approximate surface area is 109 Å². The van der Waals surface area contributed by atoms with Gasteiger partial charge in [0.2, 0.25) is 0 Å². The number of rotatable bonds is 8. The van der Waals surface area contributed by atoms with Crippen LogP contribution in [0.4, 0.5) is 0 Å². The average Bonchev–Trinajstić information content (AvgIpc) is 2.38. The van der Waals surface area contributed by atoms with E-state index in [1.165, 1.54) is 0 Å². The molecule has 0 aliphatic heterocycles. The average molecular weight is 253 g/mol. The van der Waals surface area contributed by atoms with Gasteiger partial charge in [-0.15, -0.1) is 0 Å². The Bertz CT molecular complexity index is 355. The Balaban J connectivity index is 2.56. The SMILES string of the molecule is CCOC(C)CNCc1cccc(OC)c1OC. The van der Waals surface area contributed by atoms with E-state index in [0.29, 0.717) is 0 Å². The van der Waals surface area contributed by atoms with Crippen LogP contribution in [0, 0.1) is 0 Å². The fourth-order valence-corrected chi connectivity index (χ4v) is 1.85. The highest BCUT2D eigenvalue weighted by Gasteiger charge is 2.09. The lowest BCUT2D eigenvalue weighted by molar-refractivity contribution is 0.0759. The van der Waals surface area contributed by atoms with Crippen molar-refractivity contribution in [1.29, 1.82) is 0 Å². The van der Waals surface area contributed by atoms with Crippen molar-refractivity contribution in [2.45, 2.75) is 26.5 Å². The van der Waals surface area contributed by atoms with E-state index in [-0.39, 0.29) is 6.10 Å². The van der Waals surface area contributed by atoms with E-state index in [1.54, 1.807) is 14.2 Å². The molecule has 0 bridgehead atoms. The van der Waals surface area contributed by atoms with Gasteiger partial charge in [-0.25, -0.2) is 0 Å². The molecule has 4 nitrogen and oxygen atoms in total. The van der Waals surface area contributed by atoms with Crippen molar-refractivity contribution in [3.8, 4) is 11.5 Å². The van der Waals surface area contributed by atoms with Crippen LogP contribution in [0.5, 0.6) is 11.5 Å². The van der Waals surface area contributed by atoms with E-state index >= 15 is 0 Å². The maximum Gasteiger partial charge on any atom is 0.165 e. The number of ether oxygens (including phenoxy) is 3. The van der Waals surface area contributed by atoms with Crippen molar-refractivity contribution < 1.29 is 14.2 Å². The van der Waals surface area contributed by atoms with Crippen molar-refractivity contribution in [1.82, 2.24) is 5.32 Å². The van der Waals surface area contributed by atoms with E-state index in [4.69, 9.17) is 14.2 Å². The first kappa shape index (κ1) is 14.8. The normalized spacial score (nSPS) is 12.2. The second-order valence-corrected chi connectivity index (χ2v) is 4.05. The van der Waals surface area contributed by atoms with Crippen LogP contribution >= 0.6 is 0 Å².